The molecule has 7 nitrogen and oxygen atoms in total. The predicted octanol–water partition coefficient (Wildman–Crippen LogP) is 1.67. The molecule has 1 saturated carbocycles. The van der Waals surface area contributed by atoms with Gasteiger partial charge in [0.1, 0.15) is 6.10 Å². The molecule has 1 aromatic carbocycles. The third kappa shape index (κ3) is 4.36. The average Bonchev–Trinajstić information content (AvgIpc) is 3.01. The lowest BCUT2D eigenvalue weighted by Crippen LogP contribution is -2.35. The molecule has 0 aromatic heterocycles. The van der Waals surface area contributed by atoms with E-state index in [-0.39, 0.29) is 17.7 Å². The maximum Gasteiger partial charge on any atom is 0.332 e. The van der Waals surface area contributed by atoms with Crippen LogP contribution in [0.25, 0.3) is 0 Å². The number of anilines is 1. The molecule has 3 N–H and O–H groups in total. The average molecular weight is 346 g/mol. The van der Waals surface area contributed by atoms with E-state index < -0.39 is 18.2 Å². The summed E-state index contributed by atoms with van der Waals surface area (Å²) in [7, 11) is 0. The Balaban J connectivity index is 1.49. The van der Waals surface area contributed by atoms with Gasteiger partial charge in [-0.05, 0) is 43.4 Å². The summed E-state index contributed by atoms with van der Waals surface area (Å²) in [5, 5.41) is 14.6. The number of carbonyl (C=O) groups excluding carboxylic acids is 2. The highest BCUT2D eigenvalue weighted by molar-refractivity contribution is 5.93. The first kappa shape index (κ1) is 17.4. The maximum absolute atomic E-state index is 12.1. The van der Waals surface area contributed by atoms with Gasteiger partial charge in [-0.3, -0.25) is 9.59 Å². The van der Waals surface area contributed by atoms with Crippen molar-refractivity contribution in [2.45, 2.75) is 50.9 Å². The van der Waals surface area contributed by atoms with Crippen LogP contribution in [0.5, 0.6) is 0 Å². The molecule has 0 radical (unpaired) electrons. The van der Waals surface area contributed by atoms with Gasteiger partial charge in [0.15, 0.2) is 6.10 Å². The van der Waals surface area contributed by atoms with Gasteiger partial charge in [0, 0.05) is 18.2 Å². The number of hydrogen-bond donors (Lipinski definition) is 3. The minimum Gasteiger partial charge on any atom is -0.479 e. The minimum absolute atomic E-state index is 0.0477. The highest BCUT2D eigenvalue weighted by atomic mass is 16.5. The van der Waals surface area contributed by atoms with Gasteiger partial charge >= 0.3 is 5.97 Å². The maximum atomic E-state index is 12.1. The topological polar surface area (TPSA) is 105 Å². The molecule has 134 valence electrons. The second-order valence-corrected chi connectivity index (χ2v) is 6.56. The van der Waals surface area contributed by atoms with Crippen molar-refractivity contribution < 1.29 is 24.2 Å². The lowest BCUT2D eigenvalue weighted by Gasteiger charge is -2.24. The van der Waals surface area contributed by atoms with Gasteiger partial charge in [-0.1, -0.05) is 18.6 Å². The summed E-state index contributed by atoms with van der Waals surface area (Å²) in [6.07, 6.45) is 2.12. The number of carbonyl (C=O) groups is 3. The standard InChI is InChI=1S/C18H22N2O5/c21-16(12-4-2-5-12)20-13-6-1-3-11(9-13)10-19-17(22)14-7-8-15(25-14)18(23)24/h1,3,6,9,12,14-15H,2,4-5,7-8,10H2,(H,19,22)(H,20,21)(H,23,24)/t14-,15+/m0/s1. The fourth-order valence-corrected chi connectivity index (χ4v) is 2.99. The molecule has 1 heterocycles. The van der Waals surface area contributed by atoms with Gasteiger partial charge in [-0.25, -0.2) is 4.79 Å². The number of aliphatic carboxylic acids is 1. The van der Waals surface area contributed by atoms with E-state index in [1.807, 2.05) is 24.3 Å². The highest BCUT2D eigenvalue weighted by Gasteiger charge is 2.34. The van der Waals surface area contributed by atoms with Crippen molar-refractivity contribution in [3.63, 3.8) is 0 Å². The number of hydrogen-bond acceptors (Lipinski definition) is 4. The molecule has 1 saturated heterocycles. The van der Waals surface area contributed by atoms with Crippen LogP contribution in [0.1, 0.15) is 37.7 Å². The Morgan fingerprint density at radius 3 is 2.48 bits per heavy atom. The summed E-state index contributed by atoms with van der Waals surface area (Å²) < 4.78 is 5.23. The number of carboxylic acid groups (broad SMARTS) is 1. The second kappa shape index (κ2) is 7.65. The van der Waals surface area contributed by atoms with Crippen LogP contribution in [-0.4, -0.2) is 35.1 Å². The smallest absolute Gasteiger partial charge is 0.332 e. The Morgan fingerprint density at radius 2 is 1.84 bits per heavy atom. The number of benzene rings is 1. The summed E-state index contributed by atoms with van der Waals surface area (Å²) in [4.78, 5) is 34.9. The predicted molar refractivity (Wildman–Crippen MR) is 89.8 cm³/mol. The first-order chi connectivity index (χ1) is 12.0. The van der Waals surface area contributed by atoms with Crippen LogP contribution in [-0.2, 0) is 25.7 Å². The summed E-state index contributed by atoms with van der Waals surface area (Å²) in [6, 6.07) is 7.32. The van der Waals surface area contributed by atoms with E-state index in [0.29, 0.717) is 25.1 Å². The van der Waals surface area contributed by atoms with E-state index in [0.717, 1.165) is 24.8 Å². The Morgan fingerprint density at radius 1 is 1.08 bits per heavy atom. The van der Waals surface area contributed by atoms with Gasteiger partial charge in [0.05, 0.1) is 0 Å². The Hall–Kier alpha value is -2.41. The van der Waals surface area contributed by atoms with Gasteiger partial charge < -0.3 is 20.5 Å². The van der Waals surface area contributed by atoms with E-state index in [4.69, 9.17) is 9.84 Å². The molecule has 1 aromatic rings. The molecule has 0 unspecified atom stereocenters. The van der Waals surface area contributed by atoms with Gasteiger partial charge in [-0.15, -0.1) is 0 Å². The molecule has 1 aliphatic heterocycles. The molecule has 3 rings (SSSR count). The second-order valence-electron chi connectivity index (χ2n) is 6.56. The van der Waals surface area contributed by atoms with Crippen LogP contribution in [0.15, 0.2) is 24.3 Å². The van der Waals surface area contributed by atoms with Crippen molar-refractivity contribution >= 4 is 23.5 Å². The van der Waals surface area contributed by atoms with Gasteiger partial charge in [0.25, 0.3) is 0 Å². The molecule has 2 aliphatic rings. The summed E-state index contributed by atoms with van der Waals surface area (Å²) >= 11 is 0. The monoisotopic (exact) mass is 346 g/mol. The summed E-state index contributed by atoms with van der Waals surface area (Å²) in [5.74, 6) is -1.19. The van der Waals surface area contributed by atoms with Gasteiger partial charge in [-0.2, -0.15) is 0 Å². The van der Waals surface area contributed by atoms with Crippen LogP contribution < -0.4 is 10.6 Å². The Bertz CT molecular complexity index is 671. The Labute approximate surface area is 145 Å². The fraction of sp³-hybridized carbons (Fsp3) is 0.500. The molecule has 0 bridgehead atoms. The zero-order valence-electron chi connectivity index (χ0n) is 13.9. The van der Waals surface area contributed by atoms with Crippen LogP contribution >= 0.6 is 0 Å². The van der Waals surface area contributed by atoms with Crippen LogP contribution in [0, 0.1) is 5.92 Å². The molecule has 7 heteroatoms. The van der Waals surface area contributed by atoms with Crippen LogP contribution in [0.4, 0.5) is 5.69 Å². The first-order valence-corrected chi connectivity index (χ1v) is 8.58. The largest absolute Gasteiger partial charge is 0.479 e. The number of nitrogens with one attached hydrogen (secondary N) is 2. The third-order valence-corrected chi connectivity index (χ3v) is 4.72. The number of amides is 2. The van der Waals surface area contributed by atoms with Crippen molar-refractivity contribution in [1.29, 1.82) is 0 Å². The van der Waals surface area contributed by atoms with Crippen LogP contribution in [0.2, 0.25) is 0 Å². The lowest BCUT2D eigenvalue weighted by atomic mass is 9.85. The van der Waals surface area contributed by atoms with Crippen molar-refractivity contribution in [1.82, 2.24) is 5.32 Å². The van der Waals surface area contributed by atoms with Gasteiger partial charge in [0.2, 0.25) is 11.8 Å². The number of ether oxygens (including phenoxy) is 1. The molecule has 2 amide bonds. The third-order valence-electron chi connectivity index (χ3n) is 4.72. The van der Waals surface area contributed by atoms with E-state index in [1.54, 1.807) is 0 Å². The van der Waals surface area contributed by atoms with Crippen molar-refractivity contribution in [2.24, 2.45) is 5.92 Å². The van der Waals surface area contributed by atoms with E-state index in [2.05, 4.69) is 10.6 Å². The first-order valence-electron chi connectivity index (χ1n) is 8.58. The minimum atomic E-state index is -1.04. The molecular weight excluding hydrogens is 324 g/mol. The van der Waals surface area contributed by atoms with Crippen LogP contribution in [0.3, 0.4) is 0 Å². The number of carboxylic acids is 1. The Kier molecular flexibility index (Phi) is 5.33. The summed E-state index contributed by atoms with van der Waals surface area (Å²) in [5.41, 5.74) is 1.57. The zero-order chi connectivity index (χ0) is 17.8. The summed E-state index contributed by atoms with van der Waals surface area (Å²) in [6.45, 7) is 0.295. The van der Waals surface area contributed by atoms with E-state index in [1.165, 1.54) is 0 Å². The normalized spacial score (nSPS) is 22.9. The lowest BCUT2D eigenvalue weighted by molar-refractivity contribution is -0.151. The van der Waals surface area contributed by atoms with E-state index in [9.17, 15) is 14.4 Å². The molecule has 2 fully saturated rings. The van der Waals surface area contributed by atoms with Crippen molar-refractivity contribution in [3.8, 4) is 0 Å². The molecular formula is C18H22N2O5. The molecule has 2 atom stereocenters. The molecule has 1 aliphatic carbocycles. The highest BCUT2D eigenvalue weighted by Crippen LogP contribution is 2.27. The quantitative estimate of drug-likeness (QED) is 0.727. The van der Waals surface area contributed by atoms with E-state index >= 15 is 0 Å². The zero-order valence-corrected chi connectivity index (χ0v) is 13.9. The fourth-order valence-electron chi connectivity index (χ4n) is 2.99. The molecule has 25 heavy (non-hydrogen) atoms. The molecule has 0 spiro atoms. The number of rotatable bonds is 6. The SMILES string of the molecule is O=C(Nc1cccc(CNC(=O)[C@@H]2CC[C@H](C(=O)O)O2)c1)C1CCC1. The van der Waals surface area contributed by atoms with Crippen molar-refractivity contribution in [3.05, 3.63) is 29.8 Å². The van der Waals surface area contributed by atoms with Crippen molar-refractivity contribution in [2.75, 3.05) is 5.32 Å².